The van der Waals surface area contributed by atoms with Gasteiger partial charge in [-0.05, 0) is 12.1 Å². The molecule has 0 bridgehead atoms. The summed E-state index contributed by atoms with van der Waals surface area (Å²) in [5, 5.41) is 0. The predicted molar refractivity (Wildman–Crippen MR) is 64.0 cm³/mol. The maximum Gasteiger partial charge on any atom is 0.348 e. The molecule has 19 heavy (non-hydrogen) atoms. The first-order valence-corrected chi connectivity index (χ1v) is 5.23. The largest absolute Gasteiger partial charge is 0.465 e. The highest BCUT2D eigenvalue weighted by molar-refractivity contribution is 6.14. The number of esters is 3. The topological polar surface area (TPSA) is 78.9 Å². The third kappa shape index (κ3) is 3.95. The summed E-state index contributed by atoms with van der Waals surface area (Å²) in [6.07, 6.45) is 0.715. The summed E-state index contributed by atoms with van der Waals surface area (Å²) >= 11 is 0. The van der Waals surface area contributed by atoms with Crippen LogP contribution in [-0.4, -0.2) is 32.1 Å². The van der Waals surface area contributed by atoms with E-state index in [0.29, 0.717) is 6.26 Å². The standard InChI is InChI=1S/C13H12O6/c1-17-12(15)10(13(16)18-2)8-19-11(14)9-6-4-3-5-7-9/h3-8H,1-2H3. The molecular formula is C13H12O6. The minimum Gasteiger partial charge on any atom is -0.465 e. The highest BCUT2D eigenvalue weighted by Gasteiger charge is 2.21. The van der Waals surface area contributed by atoms with E-state index in [1.807, 2.05) is 0 Å². The molecule has 0 radical (unpaired) electrons. The normalized spacial score (nSPS) is 9.16. The van der Waals surface area contributed by atoms with E-state index in [0.717, 1.165) is 14.2 Å². The fourth-order valence-electron chi connectivity index (χ4n) is 1.15. The van der Waals surface area contributed by atoms with E-state index in [4.69, 9.17) is 4.74 Å². The fraction of sp³-hybridized carbons (Fsp3) is 0.154. The lowest BCUT2D eigenvalue weighted by atomic mass is 10.2. The van der Waals surface area contributed by atoms with Gasteiger partial charge in [0, 0.05) is 0 Å². The van der Waals surface area contributed by atoms with Gasteiger partial charge in [0.25, 0.3) is 0 Å². The molecule has 6 heteroatoms. The molecule has 0 saturated carbocycles. The maximum absolute atomic E-state index is 11.6. The molecule has 0 aliphatic heterocycles. The van der Waals surface area contributed by atoms with Crippen molar-refractivity contribution in [3.05, 3.63) is 47.7 Å². The van der Waals surface area contributed by atoms with Gasteiger partial charge in [-0.25, -0.2) is 14.4 Å². The fourth-order valence-corrected chi connectivity index (χ4v) is 1.15. The van der Waals surface area contributed by atoms with Gasteiger partial charge in [-0.15, -0.1) is 0 Å². The van der Waals surface area contributed by atoms with Crippen LogP contribution in [0, 0.1) is 0 Å². The second-order valence-electron chi connectivity index (χ2n) is 3.29. The Morgan fingerprint density at radius 2 is 1.47 bits per heavy atom. The number of carbonyl (C=O) groups excluding carboxylic acids is 3. The predicted octanol–water partition coefficient (Wildman–Crippen LogP) is 1.07. The van der Waals surface area contributed by atoms with E-state index in [2.05, 4.69) is 9.47 Å². The summed E-state index contributed by atoms with van der Waals surface area (Å²) in [5.41, 5.74) is -0.220. The smallest absolute Gasteiger partial charge is 0.348 e. The Labute approximate surface area is 109 Å². The molecule has 1 rings (SSSR count). The zero-order valence-corrected chi connectivity index (χ0v) is 10.4. The lowest BCUT2D eigenvalue weighted by Gasteiger charge is -2.03. The molecule has 100 valence electrons. The second kappa shape index (κ2) is 6.95. The summed E-state index contributed by atoms with van der Waals surface area (Å²) in [6, 6.07) is 8.11. The average Bonchev–Trinajstić information content (AvgIpc) is 2.47. The van der Waals surface area contributed by atoms with Crippen molar-refractivity contribution in [3.63, 3.8) is 0 Å². The van der Waals surface area contributed by atoms with Crippen LogP contribution in [0.3, 0.4) is 0 Å². The van der Waals surface area contributed by atoms with Crippen LogP contribution in [0.15, 0.2) is 42.2 Å². The van der Waals surface area contributed by atoms with Gasteiger partial charge in [0.05, 0.1) is 19.8 Å². The molecule has 0 aromatic heterocycles. The molecule has 1 aromatic carbocycles. The first kappa shape index (κ1) is 14.4. The number of ether oxygens (including phenoxy) is 3. The summed E-state index contributed by atoms with van der Waals surface area (Å²) in [4.78, 5) is 34.2. The lowest BCUT2D eigenvalue weighted by molar-refractivity contribution is -0.144. The van der Waals surface area contributed by atoms with Gasteiger partial charge in [-0.2, -0.15) is 0 Å². The van der Waals surface area contributed by atoms with E-state index in [-0.39, 0.29) is 5.56 Å². The molecule has 0 spiro atoms. The molecular weight excluding hydrogens is 252 g/mol. The van der Waals surface area contributed by atoms with Crippen LogP contribution in [0.5, 0.6) is 0 Å². The van der Waals surface area contributed by atoms with Crippen LogP contribution in [-0.2, 0) is 23.8 Å². The van der Waals surface area contributed by atoms with Crippen molar-refractivity contribution >= 4 is 17.9 Å². The quantitative estimate of drug-likeness (QED) is 0.202. The Morgan fingerprint density at radius 1 is 0.947 bits per heavy atom. The van der Waals surface area contributed by atoms with E-state index >= 15 is 0 Å². The molecule has 0 unspecified atom stereocenters. The summed E-state index contributed by atoms with van der Waals surface area (Å²) in [6.45, 7) is 0. The van der Waals surface area contributed by atoms with E-state index < -0.39 is 23.5 Å². The number of carbonyl (C=O) groups is 3. The average molecular weight is 264 g/mol. The van der Waals surface area contributed by atoms with Gasteiger partial charge in [0.2, 0.25) is 0 Å². The Hall–Kier alpha value is -2.63. The van der Waals surface area contributed by atoms with Crippen LogP contribution in [0.4, 0.5) is 0 Å². The Bertz CT molecular complexity index is 485. The van der Waals surface area contributed by atoms with Crippen molar-refractivity contribution in [1.82, 2.24) is 0 Å². The van der Waals surface area contributed by atoms with Crippen molar-refractivity contribution in [2.75, 3.05) is 14.2 Å². The highest BCUT2D eigenvalue weighted by Crippen LogP contribution is 2.05. The summed E-state index contributed by atoms with van der Waals surface area (Å²) in [7, 11) is 2.19. The van der Waals surface area contributed by atoms with Gasteiger partial charge >= 0.3 is 17.9 Å². The number of benzene rings is 1. The van der Waals surface area contributed by atoms with Gasteiger partial charge in [0.1, 0.15) is 6.26 Å². The van der Waals surface area contributed by atoms with Crippen molar-refractivity contribution < 1.29 is 28.6 Å². The number of hydrogen-bond donors (Lipinski definition) is 0. The first-order chi connectivity index (χ1) is 9.10. The molecule has 0 saturated heterocycles. The van der Waals surface area contributed by atoms with E-state index in [1.165, 1.54) is 12.1 Å². The van der Waals surface area contributed by atoms with Crippen molar-refractivity contribution in [3.8, 4) is 0 Å². The first-order valence-electron chi connectivity index (χ1n) is 5.23. The van der Waals surface area contributed by atoms with Crippen LogP contribution >= 0.6 is 0 Å². The van der Waals surface area contributed by atoms with E-state index in [1.54, 1.807) is 18.2 Å². The molecule has 0 aliphatic rings. The van der Waals surface area contributed by atoms with Gasteiger partial charge in [0.15, 0.2) is 5.57 Å². The molecule has 0 atom stereocenters. The zero-order chi connectivity index (χ0) is 14.3. The number of methoxy groups -OCH3 is 2. The third-order valence-corrected chi connectivity index (χ3v) is 2.10. The SMILES string of the molecule is COC(=O)C(=COC(=O)c1ccccc1)C(=O)OC. The molecule has 1 aromatic rings. The van der Waals surface area contributed by atoms with Crippen molar-refractivity contribution in [1.29, 1.82) is 0 Å². The summed E-state index contributed by atoms with van der Waals surface area (Å²) in [5.74, 6) is -2.61. The Kier molecular flexibility index (Phi) is 5.28. The highest BCUT2D eigenvalue weighted by atomic mass is 16.6. The minimum atomic E-state index is -0.951. The van der Waals surface area contributed by atoms with E-state index in [9.17, 15) is 14.4 Å². The molecule has 0 N–H and O–H groups in total. The number of rotatable bonds is 4. The second-order valence-corrected chi connectivity index (χ2v) is 3.29. The molecule has 0 heterocycles. The van der Waals surface area contributed by atoms with Gasteiger partial charge in [-0.1, -0.05) is 18.2 Å². The van der Waals surface area contributed by atoms with Crippen molar-refractivity contribution in [2.24, 2.45) is 0 Å². The zero-order valence-electron chi connectivity index (χ0n) is 10.4. The third-order valence-electron chi connectivity index (χ3n) is 2.10. The van der Waals surface area contributed by atoms with Gasteiger partial charge in [-0.3, -0.25) is 0 Å². The van der Waals surface area contributed by atoms with Crippen LogP contribution in [0.2, 0.25) is 0 Å². The van der Waals surface area contributed by atoms with Crippen LogP contribution < -0.4 is 0 Å². The number of hydrogen-bond acceptors (Lipinski definition) is 6. The van der Waals surface area contributed by atoms with Gasteiger partial charge < -0.3 is 14.2 Å². The Morgan fingerprint density at radius 3 is 1.95 bits per heavy atom. The van der Waals surface area contributed by atoms with Crippen LogP contribution in [0.1, 0.15) is 10.4 Å². The molecule has 0 fully saturated rings. The lowest BCUT2D eigenvalue weighted by Crippen LogP contribution is -2.17. The van der Waals surface area contributed by atoms with Crippen molar-refractivity contribution in [2.45, 2.75) is 0 Å². The van der Waals surface area contributed by atoms with Crippen LogP contribution in [0.25, 0.3) is 0 Å². The summed E-state index contributed by atoms with van der Waals surface area (Å²) < 4.78 is 13.5. The molecule has 6 nitrogen and oxygen atoms in total. The minimum absolute atomic E-state index is 0.285. The molecule has 0 aliphatic carbocycles. The monoisotopic (exact) mass is 264 g/mol. The Balaban J connectivity index is 2.84. The maximum atomic E-state index is 11.6. The molecule has 0 amide bonds.